The topological polar surface area (TPSA) is 77.5 Å². The normalized spacial score (nSPS) is 17.8. The maximum Gasteiger partial charge on any atom is 0.336 e. The first-order valence-electron chi connectivity index (χ1n) is 11.5. The van der Waals surface area contributed by atoms with E-state index in [1.54, 1.807) is 6.07 Å². The lowest BCUT2D eigenvalue weighted by atomic mass is 9.75. The van der Waals surface area contributed by atoms with Gasteiger partial charge in [-0.05, 0) is 56.0 Å². The lowest BCUT2D eigenvalue weighted by molar-refractivity contribution is -0.136. The molecule has 0 bridgehead atoms. The van der Waals surface area contributed by atoms with Crippen molar-refractivity contribution < 1.29 is 19.1 Å². The Morgan fingerprint density at radius 1 is 1.11 bits per heavy atom. The average molecular weight is 489 g/mol. The Balaban J connectivity index is 1.53. The zero-order chi connectivity index (χ0) is 24.7. The number of fused-ring (bicyclic) bond motifs is 1. The van der Waals surface area contributed by atoms with Gasteiger partial charge in [0.1, 0.15) is 16.7 Å². The molecule has 5 rings (SSSR count). The van der Waals surface area contributed by atoms with E-state index in [1.807, 2.05) is 56.3 Å². The number of pyridine rings is 1. The van der Waals surface area contributed by atoms with E-state index in [9.17, 15) is 9.59 Å². The summed E-state index contributed by atoms with van der Waals surface area (Å²) >= 11 is 6.26. The van der Waals surface area contributed by atoms with Gasteiger partial charge in [0, 0.05) is 40.8 Å². The molecule has 6 nitrogen and oxygen atoms in total. The molecule has 7 heteroatoms. The molecule has 0 amide bonds. The molecule has 2 aromatic carbocycles. The van der Waals surface area contributed by atoms with Gasteiger partial charge in [-0.15, -0.1) is 0 Å². The Labute approximate surface area is 208 Å². The number of para-hydroxylation sites is 1. The zero-order valence-corrected chi connectivity index (χ0v) is 20.5. The lowest BCUT2D eigenvalue weighted by Gasteiger charge is -2.34. The van der Waals surface area contributed by atoms with Crippen molar-refractivity contribution in [2.24, 2.45) is 0 Å². The van der Waals surface area contributed by atoms with Crippen LogP contribution in [0.25, 0.3) is 10.9 Å². The molecule has 2 heterocycles. The maximum absolute atomic E-state index is 13.0. The van der Waals surface area contributed by atoms with E-state index in [1.165, 1.54) is 7.11 Å². The summed E-state index contributed by atoms with van der Waals surface area (Å²) in [5.41, 5.74) is 5.34. The second kappa shape index (κ2) is 9.19. The van der Waals surface area contributed by atoms with Gasteiger partial charge in [0.2, 0.25) is 0 Å². The van der Waals surface area contributed by atoms with E-state index in [4.69, 9.17) is 21.1 Å². The molecule has 0 radical (unpaired) electrons. The van der Waals surface area contributed by atoms with Crippen LogP contribution in [0.4, 0.5) is 0 Å². The molecule has 1 atom stereocenters. The highest BCUT2D eigenvalue weighted by Crippen LogP contribution is 2.43. The predicted octanol–water partition coefficient (Wildman–Crippen LogP) is 6.13. The van der Waals surface area contributed by atoms with Crippen molar-refractivity contribution >= 4 is 34.3 Å². The lowest BCUT2D eigenvalue weighted by Crippen LogP contribution is -2.34. The molecule has 1 N–H and O–H groups in total. The third-order valence-corrected chi connectivity index (χ3v) is 6.79. The Kier molecular flexibility index (Phi) is 6.07. The number of aromatic nitrogens is 1. The second-order valence-electron chi connectivity index (χ2n) is 8.84. The molecule has 178 valence electrons. The predicted molar refractivity (Wildman–Crippen MR) is 134 cm³/mol. The summed E-state index contributed by atoms with van der Waals surface area (Å²) in [6.07, 6.45) is 2.05. The summed E-state index contributed by atoms with van der Waals surface area (Å²) in [7, 11) is 1.36. The number of aryl methyl sites for hydroxylation is 1. The van der Waals surface area contributed by atoms with Crippen LogP contribution in [-0.4, -0.2) is 23.8 Å². The quantitative estimate of drug-likeness (QED) is 0.351. The van der Waals surface area contributed by atoms with Crippen LogP contribution in [0, 0.1) is 6.92 Å². The first-order valence-corrected chi connectivity index (χ1v) is 11.9. The summed E-state index contributed by atoms with van der Waals surface area (Å²) in [6.45, 7) is 3.83. The number of hydrogen-bond acceptors (Lipinski definition) is 6. The smallest absolute Gasteiger partial charge is 0.336 e. The van der Waals surface area contributed by atoms with Gasteiger partial charge in [-0.1, -0.05) is 35.9 Å². The number of hydrogen-bond donors (Lipinski definition) is 1. The third kappa shape index (κ3) is 4.19. The number of carbonyl (C=O) groups excluding carboxylic acids is 2. The van der Waals surface area contributed by atoms with Crippen molar-refractivity contribution in [2.75, 3.05) is 7.11 Å². The second-order valence-corrected chi connectivity index (χ2v) is 9.23. The molecule has 0 fully saturated rings. The van der Waals surface area contributed by atoms with E-state index < -0.39 is 11.9 Å². The van der Waals surface area contributed by atoms with Gasteiger partial charge in [0.05, 0.1) is 18.2 Å². The van der Waals surface area contributed by atoms with E-state index in [0.717, 1.165) is 40.6 Å². The first-order chi connectivity index (χ1) is 16.9. The molecular formula is C28H25ClN2O4. The van der Waals surface area contributed by atoms with Crippen LogP contribution in [-0.2, 0) is 14.3 Å². The van der Waals surface area contributed by atoms with Gasteiger partial charge < -0.3 is 14.8 Å². The van der Waals surface area contributed by atoms with Crippen LogP contribution in [0.1, 0.15) is 43.2 Å². The number of allylic oxidation sites excluding steroid dienone is 3. The molecule has 2 aliphatic rings. The Bertz CT molecular complexity index is 1420. The van der Waals surface area contributed by atoms with Crippen LogP contribution < -0.4 is 10.1 Å². The van der Waals surface area contributed by atoms with E-state index in [2.05, 4.69) is 10.3 Å². The SMILES string of the molecule is COC(=O)C1=C(C)NC2=C(C(=O)CCC2)C1c1ccc(Oc2cc(Cl)nc3c(C)cccc23)cc1. The number of carbonyl (C=O) groups is 2. The first kappa shape index (κ1) is 23.1. The standard InChI is InChI=1S/C28H25ClN2O4/c1-15-6-4-7-19-22(14-23(29)31-27(15)19)35-18-12-10-17(11-13-18)25-24(28(33)34-3)16(2)30-20-8-5-9-21(32)26(20)25/h4,6-7,10-14,25,30H,5,8-9H2,1-3H3. The summed E-state index contributed by atoms with van der Waals surface area (Å²) in [5.74, 6) is 0.346. The summed E-state index contributed by atoms with van der Waals surface area (Å²) in [5, 5.41) is 4.50. The van der Waals surface area contributed by atoms with Crippen molar-refractivity contribution in [1.29, 1.82) is 0 Å². The van der Waals surface area contributed by atoms with Crippen LogP contribution >= 0.6 is 11.6 Å². The highest BCUT2D eigenvalue weighted by molar-refractivity contribution is 6.30. The number of dihydropyridines is 1. The van der Waals surface area contributed by atoms with Gasteiger partial charge in [-0.2, -0.15) is 0 Å². The Hall–Kier alpha value is -3.64. The summed E-state index contributed by atoms with van der Waals surface area (Å²) < 4.78 is 11.3. The van der Waals surface area contributed by atoms with Gasteiger partial charge in [0.15, 0.2) is 5.78 Å². The van der Waals surface area contributed by atoms with Crippen molar-refractivity contribution in [3.05, 3.63) is 87.4 Å². The fourth-order valence-corrected chi connectivity index (χ4v) is 5.15. The molecule has 0 saturated heterocycles. The minimum absolute atomic E-state index is 0.0613. The molecule has 0 spiro atoms. The fourth-order valence-electron chi connectivity index (χ4n) is 4.97. The highest BCUT2D eigenvalue weighted by atomic mass is 35.5. The van der Waals surface area contributed by atoms with Gasteiger partial charge in [0.25, 0.3) is 0 Å². The molecule has 3 aromatic rings. The average Bonchev–Trinajstić information content (AvgIpc) is 2.84. The molecule has 35 heavy (non-hydrogen) atoms. The number of esters is 1. The molecular weight excluding hydrogens is 464 g/mol. The molecule has 1 unspecified atom stereocenters. The van der Waals surface area contributed by atoms with Crippen molar-refractivity contribution in [3.63, 3.8) is 0 Å². The van der Waals surface area contributed by atoms with Crippen LogP contribution in [0.15, 0.2) is 71.1 Å². The summed E-state index contributed by atoms with van der Waals surface area (Å²) in [4.78, 5) is 30.1. The number of methoxy groups -OCH3 is 1. The van der Waals surface area contributed by atoms with Crippen molar-refractivity contribution in [1.82, 2.24) is 10.3 Å². The molecule has 1 aromatic heterocycles. The Morgan fingerprint density at radius 3 is 2.63 bits per heavy atom. The van der Waals surface area contributed by atoms with Crippen molar-refractivity contribution in [3.8, 4) is 11.5 Å². The minimum atomic E-state index is -0.487. The number of nitrogens with one attached hydrogen (secondary N) is 1. The number of benzene rings is 2. The molecule has 0 saturated carbocycles. The largest absolute Gasteiger partial charge is 0.466 e. The van der Waals surface area contributed by atoms with Crippen molar-refractivity contribution in [2.45, 2.75) is 39.0 Å². The van der Waals surface area contributed by atoms with E-state index in [-0.39, 0.29) is 5.78 Å². The molecule has 1 aliphatic heterocycles. The van der Waals surface area contributed by atoms with Gasteiger partial charge >= 0.3 is 5.97 Å². The third-order valence-electron chi connectivity index (χ3n) is 6.59. The highest BCUT2D eigenvalue weighted by Gasteiger charge is 2.38. The number of ether oxygens (including phenoxy) is 2. The van der Waals surface area contributed by atoms with Gasteiger partial charge in [-0.3, -0.25) is 4.79 Å². The number of rotatable bonds is 4. The minimum Gasteiger partial charge on any atom is -0.466 e. The monoisotopic (exact) mass is 488 g/mol. The van der Waals surface area contributed by atoms with Crippen LogP contribution in [0.3, 0.4) is 0 Å². The van der Waals surface area contributed by atoms with Crippen LogP contribution in [0.2, 0.25) is 5.15 Å². The number of ketones is 1. The molecule has 1 aliphatic carbocycles. The zero-order valence-electron chi connectivity index (χ0n) is 19.8. The number of nitrogens with zero attached hydrogens (tertiary/aromatic N) is 1. The van der Waals surface area contributed by atoms with E-state index >= 15 is 0 Å². The number of halogens is 1. The number of Topliss-reactive ketones (excluding diaryl/α,β-unsaturated/α-hetero) is 1. The Morgan fingerprint density at radius 2 is 1.89 bits per heavy atom. The van der Waals surface area contributed by atoms with Gasteiger partial charge in [-0.25, -0.2) is 9.78 Å². The summed E-state index contributed by atoms with van der Waals surface area (Å²) in [6, 6.07) is 15.0. The fraction of sp³-hybridized carbons (Fsp3) is 0.250. The van der Waals surface area contributed by atoms with Crippen LogP contribution in [0.5, 0.6) is 11.5 Å². The van der Waals surface area contributed by atoms with E-state index in [0.29, 0.717) is 39.9 Å². The maximum atomic E-state index is 13.0.